The molecule has 0 aliphatic carbocycles. The lowest BCUT2D eigenvalue weighted by Gasteiger charge is -2.10. The molecule has 0 saturated carbocycles. The Morgan fingerprint density at radius 1 is 0.833 bits per heavy atom. The van der Waals surface area contributed by atoms with Crippen LogP contribution in [-0.2, 0) is 0 Å². The van der Waals surface area contributed by atoms with Crippen molar-refractivity contribution >= 4 is 5.97 Å². The van der Waals surface area contributed by atoms with Crippen LogP contribution in [0.15, 0.2) is 79.1 Å². The summed E-state index contributed by atoms with van der Waals surface area (Å²) < 4.78 is 34.0. The highest BCUT2D eigenvalue weighted by Crippen LogP contribution is 2.32. The Balaban J connectivity index is 0.000000201. The Morgan fingerprint density at radius 2 is 1.39 bits per heavy atom. The largest absolute Gasteiger partial charge is 0.493 e. The molecule has 0 fully saturated rings. The van der Waals surface area contributed by atoms with Gasteiger partial charge in [-0.3, -0.25) is 0 Å². The zero-order valence-corrected chi connectivity index (χ0v) is 19.2. The summed E-state index contributed by atoms with van der Waals surface area (Å²) in [7, 11) is 2.91. The van der Waals surface area contributed by atoms with Crippen LogP contribution in [0.4, 0.5) is 4.39 Å². The Kier molecular flexibility index (Phi) is 8.72. The van der Waals surface area contributed by atoms with Crippen molar-refractivity contribution < 1.29 is 33.2 Å². The number of methoxy groups -OCH3 is 2. The highest BCUT2D eigenvalue weighted by Gasteiger charge is 2.12. The molecule has 4 aromatic rings. The van der Waals surface area contributed by atoms with E-state index in [0.717, 1.165) is 0 Å². The number of para-hydroxylation sites is 1. The lowest BCUT2D eigenvalue weighted by Crippen LogP contribution is -2.01. The van der Waals surface area contributed by atoms with Gasteiger partial charge in [0, 0.05) is 12.1 Å². The molecule has 2 aromatic carbocycles. The molecule has 2 heterocycles. The average molecular weight is 489 g/mol. The zero-order valence-electron chi connectivity index (χ0n) is 19.2. The van der Waals surface area contributed by atoms with Crippen molar-refractivity contribution in [3.05, 3.63) is 96.3 Å². The Labute approximate surface area is 205 Å². The number of aromatic nitrogens is 2. The highest BCUT2D eigenvalue weighted by atomic mass is 19.1. The third-order valence-electron chi connectivity index (χ3n) is 4.45. The first-order valence-electron chi connectivity index (χ1n) is 10.3. The van der Waals surface area contributed by atoms with Crippen LogP contribution in [0.1, 0.15) is 16.2 Å². The quantitative estimate of drug-likeness (QED) is 0.360. The van der Waals surface area contributed by atoms with E-state index in [2.05, 4.69) is 9.97 Å². The molecule has 9 nitrogen and oxygen atoms in total. The van der Waals surface area contributed by atoms with Gasteiger partial charge in [-0.25, -0.2) is 19.2 Å². The molecule has 36 heavy (non-hydrogen) atoms. The SMILES string of the molecule is COc1cc(C#N)ncc1Oc1ccc(F)cc1.COc1cc(C(=O)O)ncc1Oc1ccccc1. The fraction of sp³-hybridized carbons (Fsp3) is 0.0769. The van der Waals surface area contributed by atoms with Crippen LogP contribution in [0, 0.1) is 17.1 Å². The number of nitrogens with zero attached hydrogens (tertiary/aromatic N) is 3. The van der Waals surface area contributed by atoms with Gasteiger partial charge in [0.1, 0.15) is 29.1 Å². The fourth-order valence-electron chi connectivity index (χ4n) is 2.74. The molecule has 4 rings (SSSR count). The van der Waals surface area contributed by atoms with E-state index in [1.807, 2.05) is 24.3 Å². The first-order valence-corrected chi connectivity index (χ1v) is 10.3. The highest BCUT2D eigenvalue weighted by molar-refractivity contribution is 5.86. The monoisotopic (exact) mass is 489 g/mol. The normalized spacial score (nSPS) is 9.72. The second-order valence-electron chi connectivity index (χ2n) is 6.83. The minimum Gasteiger partial charge on any atom is -0.493 e. The molecule has 10 heteroatoms. The number of halogens is 1. The number of aromatic carboxylic acids is 1. The number of benzene rings is 2. The van der Waals surface area contributed by atoms with Gasteiger partial charge < -0.3 is 24.1 Å². The third-order valence-corrected chi connectivity index (χ3v) is 4.45. The number of hydrogen-bond donors (Lipinski definition) is 1. The van der Waals surface area contributed by atoms with Crippen molar-refractivity contribution in [1.29, 1.82) is 5.26 Å². The van der Waals surface area contributed by atoms with E-state index in [9.17, 15) is 9.18 Å². The maximum Gasteiger partial charge on any atom is 0.354 e. The van der Waals surface area contributed by atoms with Gasteiger partial charge in [-0.15, -0.1) is 0 Å². The summed E-state index contributed by atoms with van der Waals surface area (Å²) in [5.41, 5.74) is 0.144. The summed E-state index contributed by atoms with van der Waals surface area (Å²) in [5, 5.41) is 17.5. The number of nitriles is 1. The van der Waals surface area contributed by atoms with E-state index in [0.29, 0.717) is 34.5 Å². The van der Waals surface area contributed by atoms with E-state index in [1.54, 1.807) is 12.1 Å². The maximum atomic E-state index is 12.7. The zero-order chi connectivity index (χ0) is 25.9. The minimum atomic E-state index is -1.11. The van der Waals surface area contributed by atoms with Crippen molar-refractivity contribution in [2.45, 2.75) is 0 Å². The van der Waals surface area contributed by atoms with Crippen molar-refractivity contribution in [2.24, 2.45) is 0 Å². The van der Waals surface area contributed by atoms with Crippen LogP contribution in [0.2, 0.25) is 0 Å². The first-order chi connectivity index (χ1) is 17.4. The Morgan fingerprint density at radius 3 is 1.94 bits per heavy atom. The number of carbonyl (C=O) groups is 1. The number of hydrogen-bond acceptors (Lipinski definition) is 8. The van der Waals surface area contributed by atoms with Gasteiger partial charge in [-0.1, -0.05) is 18.2 Å². The molecule has 0 atom stereocenters. The summed E-state index contributed by atoms with van der Waals surface area (Å²) >= 11 is 0. The maximum absolute atomic E-state index is 12.7. The van der Waals surface area contributed by atoms with Gasteiger partial charge in [0.2, 0.25) is 0 Å². The van der Waals surface area contributed by atoms with Gasteiger partial charge in [0.25, 0.3) is 0 Å². The second-order valence-corrected chi connectivity index (χ2v) is 6.83. The van der Waals surface area contributed by atoms with Crippen LogP contribution in [0.25, 0.3) is 0 Å². The van der Waals surface area contributed by atoms with Gasteiger partial charge >= 0.3 is 5.97 Å². The molecule has 0 aliphatic rings. The number of rotatable bonds is 7. The van der Waals surface area contributed by atoms with Crippen LogP contribution in [0.5, 0.6) is 34.5 Å². The predicted molar refractivity (Wildman–Crippen MR) is 126 cm³/mol. The fourth-order valence-corrected chi connectivity index (χ4v) is 2.74. The average Bonchev–Trinajstić information content (AvgIpc) is 2.91. The van der Waals surface area contributed by atoms with Gasteiger partial charge in [0.05, 0.1) is 26.6 Å². The van der Waals surface area contributed by atoms with Crippen LogP contribution in [-0.4, -0.2) is 35.3 Å². The van der Waals surface area contributed by atoms with E-state index in [1.165, 1.54) is 63.0 Å². The molecule has 182 valence electrons. The second kappa shape index (κ2) is 12.3. The van der Waals surface area contributed by atoms with Crippen molar-refractivity contribution in [1.82, 2.24) is 9.97 Å². The molecule has 0 aliphatic heterocycles. The molecule has 1 N–H and O–H groups in total. The summed E-state index contributed by atoms with van der Waals surface area (Å²) in [6.45, 7) is 0. The number of ether oxygens (including phenoxy) is 4. The van der Waals surface area contributed by atoms with Crippen LogP contribution in [0.3, 0.4) is 0 Å². The number of pyridine rings is 2. The molecule has 0 saturated heterocycles. The molecule has 2 aromatic heterocycles. The van der Waals surface area contributed by atoms with Gasteiger partial charge in [0.15, 0.2) is 28.7 Å². The van der Waals surface area contributed by atoms with Crippen molar-refractivity contribution in [2.75, 3.05) is 14.2 Å². The standard InChI is InChI=1S/C13H9FN2O2.C13H11NO4/c1-17-12-6-10(7-15)16-8-13(12)18-11-4-2-9(14)3-5-11;1-17-11-7-10(13(15)16)14-8-12(11)18-9-5-3-2-4-6-9/h2-6,8H,1H3;2-8H,1H3,(H,15,16). The van der Waals surface area contributed by atoms with Gasteiger partial charge in [-0.05, 0) is 36.4 Å². The first kappa shape index (κ1) is 25.5. The van der Waals surface area contributed by atoms with E-state index >= 15 is 0 Å². The van der Waals surface area contributed by atoms with Crippen molar-refractivity contribution in [3.8, 4) is 40.6 Å². The van der Waals surface area contributed by atoms with Crippen LogP contribution >= 0.6 is 0 Å². The molecule has 0 amide bonds. The molecular weight excluding hydrogens is 469 g/mol. The van der Waals surface area contributed by atoms with Gasteiger partial charge in [-0.2, -0.15) is 5.26 Å². The summed E-state index contributed by atoms with van der Waals surface area (Å²) in [5.74, 6) is 1.09. The van der Waals surface area contributed by atoms with Crippen LogP contribution < -0.4 is 18.9 Å². The third kappa shape index (κ3) is 6.91. The van der Waals surface area contributed by atoms with E-state index < -0.39 is 5.97 Å². The van der Waals surface area contributed by atoms with E-state index in [-0.39, 0.29) is 17.2 Å². The molecule has 0 radical (unpaired) electrons. The van der Waals surface area contributed by atoms with Crippen molar-refractivity contribution in [3.63, 3.8) is 0 Å². The summed E-state index contributed by atoms with van der Waals surface area (Å²) in [4.78, 5) is 18.4. The Hall–Kier alpha value is -5.17. The number of carboxylic acid groups (broad SMARTS) is 1. The predicted octanol–water partition coefficient (Wildman–Crippen LogP) is 5.47. The Bertz CT molecular complexity index is 1360. The molecule has 0 spiro atoms. The summed E-state index contributed by atoms with van der Waals surface area (Å²) in [6.07, 6.45) is 2.72. The lowest BCUT2D eigenvalue weighted by molar-refractivity contribution is 0.0690. The number of carboxylic acids is 1. The lowest BCUT2D eigenvalue weighted by atomic mass is 10.3. The minimum absolute atomic E-state index is 0.0905. The molecule has 0 bridgehead atoms. The molecule has 0 unspecified atom stereocenters. The van der Waals surface area contributed by atoms with E-state index in [4.69, 9.17) is 29.3 Å². The summed E-state index contributed by atoms with van der Waals surface area (Å²) in [6, 6.07) is 19.4. The topological polar surface area (TPSA) is 124 Å². The smallest absolute Gasteiger partial charge is 0.354 e. The molecular formula is C26H20FN3O6.